The van der Waals surface area contributed by atoms with E-state index in [1.54, 1.807) is 30.3 Å². The van der Waals surface area contributed by atoms with Crippen LogP contribution in [0, 0.1) is 13.7 Å². The minimum atomic E-state index is -0.919. The lowest BCUT2D eigenvalue weighted by molar-refractivity contribution is -0.385. The molecule has 2 aromatic rings. The summed E-state index contributed by atoms with van der Waals surface area (Å²) in [7, 11) is 0. The molecule has 0 radical (unpaired) electrons. The number of nitro groups is 1. The molecule has 0 saturated heterocycles. The van der Waals surface area contributed by atoms with E-state index in [1.807, 2.05) is 22.6 Å². The van der Waals surface area contributed by atoms with Crippen molar-refractivity contribution in [3.8, 4) is 11.5 Å². The first-order chi connectivity index (χ1) is 9.95. The molecule has 0 bridgehead atoms. The van der Waals surface area contributed by atoms with Crippen LogP contribution in [0.25, 0.3) is 0 Å². The molecule has 0 aliphatic heterocycles. The summed E-state index contributed by atoms with van der Waals surface area (Å²) in [5.41, 5.74) is 0.517. The van der Waals surface area contributed by atoms with Gasteiger partial charge in [0.25, 0.3) is 0 Å². The van der Waals surface area contributed by atoms with Gasteiger partial charge in [-0.1, -0.05) is 12.1 Å². The lowest BCUT2D eigenvalue weighted by Gasteiger charge is -2.07. The van der Waals surface area contributed by atoms with E-state index in [9.17, 15) is 14.9 Å². The minimum absolute atomic E-state index is 0.0794. The summed E-state index contributed by atoms with van der Waals surface area (Å²) in [6, 6.07) is 11.1. The Bertz CT molecular complexity index is 684. The largest absolute Gasteiger partial charge is 0.481 e. The van der Waals surface area contributed by atoms with E-state index in [-0.39, 0.29) is 17.9 Å². The van der Waals surface area contributed by atoms with E-state index in [1.165, 1.54) is 12.1 Å². The summed E-state index contributed by atoms with van der Waals surface area (Å²) in [6.45, 7) is 0. The van der Waals surface area contributed by atoms with Crippen molar-refractivity contribution in [3.05, 3.63) is 61.7 Å². The first-order valence-corrected chi connectivity index (χ1v) is 6.96. The van der Waals surface area contributed by atoms with Gasteiger partial charge in [0.1, 0.15) is 5.75 Å². The van der Waals surface area contributed by atoms with Gasteiger partial charge in [-0.15, -0.1) is 0 Å². The predicted octanol–water partition coefficient (Wildman–Crippen LogP) is 3.62. The van der Waals surface area contributed by atoms with Gasteiger partial charge in [-0.05, 0) is 52.4 Å². The molecule has 0 spiro atoms. The molecule has 21 heavy (non-hydrogen) atoms. The smallest absolute Gasteiger partial charge is 0.312 e. The zero-order valence-electron chi connectivity index (χ0n) is 10.7. The Hall–Kier alpha value is -2.16. The molecule has 6 nitrogen and oxygen atoms in total. The Morgan fingerprint density at radius 2 is 1.90 bits per heavy atom. The van der Waals surface area contributed by atoms with Crippen molar-refractivity contribution in [2.75, 3.05) is 0 Å². The van der Waals surface area contributed by atoms with E-state index in [0.717, 1.165) is 3.57 Å². The fourth-order valence-corrected chi connectivity index (χ4v) is 2.17. The number of carboxylic acids is 1. The van der Waals surface area contributed by atoms with Crippen molar-refractivity contribution in [2.24, 2.45) is 0 Å². The van der Waals surface area contributed by atoms with Crippen LogP contribution in [-0.2, 0) is 11.2 Å². The number of halogens is 1. The van der Waals surface area contributed by atoms with Gasteiger partial charge >= 0.3 is 11.7 Å². The molecule has 0 aromatic heterocycles. The summed E-state index contributed by atoms with van der Waals surface area (Å²) in [4.78, 5) is 21.1. The van der Waals surface area contributed by atoms with Crippen molar-refractivity contribution in [1.82, 2.24) is 0 Å². The first-order valence-electron chi connectivity index (χ1n) is 5.88. The molecular weight excluding hydrogens is 389 g/mol. The average molecular weight is 399 g/mol. The highest BCUT2D eigenvalue weighted by molar-refractivity contribution is 14.1. The summed E-state index contributed by atoms with van der Waals surface area (Å²) in [6.07, 6.45) is -0.0794. The molecule has 0 amide bonds. The summed E-state index contributed by atoms with van der Waals surface area (Å²) >= 11 is 1.99. The van der Waals surface area contributed by atoms with Crippen LogP contribution in [0.4, 0.5) is 5.69 Å². The highest BCUT2D eigenvalue weighted by atomic mass is 127. The molecule has 2 rings (SSSR count). The van der Waals surface area contributed by atoms with Crippen molar-refractivity contribution >= 4 is 34.2 Å². The van der Waals surface area contributed by atoms with Crippen molar-refractivity contribution < 1.29 is 19.6 Å². The average Bonchev–Trinajstić information content (AvgIpc) is 2.42. The van der Waals surface area contributed by atoms with Crippen molar-refractivity contribution in [3.63, 3.8) is 0 Å². The highest BCUT2D eigenvalue weighted by Gasteiger charge is 2.16. The maximum absolute atomic E-state index is 11.0. The number of nitrogens with zero attached hydrogens (tertiary/aromatic N) is 1. The predicted molar refractivity (Wildman–Crippen MR) is 83.7 cm³/mol. The third-order valence-electron chi connectivity index (χ3n) is 2.62. The third-order valence-corrected chi connectivity index (χ3v) is 3.30. The van der Waals surface area contributed by atoms with Gasteiger partial charge in [0.15, 0.2) is 0 Å². The second-order valence-corrected chi connectivity index (χ2v) is 5.43. The number of rotatable bonds is 5. The van der Waals surface area contributed by atoms with Crippen LogP contribution in [0.1, 0.15) is 5.56 Å². The second-order valence-electron chi connectivity index (χ2n) is 4.19. The third kappa shape index (κ3) is 4.15. The number of aliphatic carboxylic acids is 1. The van der Waals surface area contributed by atoms with Crippen LogP contribution in [0.3, 0.4) is 0 Å². The monoisotopic (exact) mass is 399 g/mol. The molecule has 0 fully saturated rings. The van der Waals surface area contributed by atoms with Gasteiger partial charge in [-0.3, -0.25) is 14.9 Å². The number of nitro benzene ring substituents is 1. The SMILES string of the molecule is O=C(O)Cc1ccc(Oc2ccc(I)cc2[N+](=O)[O-])cc1. The van der Waals surface area contributed by atoms with Gasteiger partial charge in [-0.2, -0.15) is 0 Å². The zero-order chi connectivity index (χ0) is 15.4. The van der Waals surface area contributed by atoms with Crippen LogP contribution in [0.5, 0.6) is 11.5 Å². The standard InChI is InChI=1S/C14H10INO5/c15-10-3-6-13(12(8-10)16(19)20)21-11-4-1-9(2-5-11)7-14(17)18/h1-6,8H,7H2,(H,17,18). The molecule has 0 atom stereocenters. The van der Waals surface area contributed by atoms with Gasteiger partial charge < -0.3 is 9.84 Å². The Morgan fingerprint density at radius 3 is 2.48 bits per heavy atom. The first kappa shape index (κ1) is 15.2. The van der Waals surface area contributed by atoms with Gasteiger partial charge in [0.2, 0.25) is 5.75 Å². The summed E-state index contributed by atoms with van der Waals surface area (Å²) in [5, 5.41) is 19.7. The Balaban J connectivity index is 2.22. The lowest BCUT2D eigenvalue weighted by atomic mass is 10.1. The van der Waals surface area contributed by atoms with Crippen LogP contribution in [-0.4, -0.2) is 16.0 Å². The zero-order valence-corrected chi connectivity index (χ0v) is 12.8. The van der Waals surface area contributed by atoms with Gasteiger partial charge in [0, 0.05) is 9.64 Å². The van der Waals surface area contributed by atoms with Crippen molar-refractivity contribution in [1.29, 1.82) is 0 Å². The van der Waals surface area contributed by atoms with Crippen LogP contribution >= 0.6 is 22.6 Å². The normalized spacial score (nSPS) is 10.1. The fourth-order valence-electron chi connectivity index (χ4n) is 1.70. The number of ether oxygens (including phenoxy) is 1. The topological polar surface area (TPSA) is 89.7 Å². The number of benzene rings is 2. The summed E-state index contributed by atoms with van der Waals surface area (Å²) in [5.74, 6) is -0.364. The number of hydrogen-bond donors (Lipinski definition) is 1. The number of carboxylic acid groups (broad SMARTS) is 1. The number of hydrogen-bond acceptors (Lipinski definition) is 4. The second kappa shape index (κ2) is 6.53. The Kier molecular flexibility index (Phi) is 4.73. The Labute approximate surface area is 133 Å². The van der Waals surface area contributed by atoms with E-state index < -0.39 is 10.9 Å². The molecule has 2 aromatic carbocycles. The molecule has 0 unspecified atom stereocenters. The molecule has 108 valence electrons. The van der Waals surface area contributed by atoms with Crippen LogP contribution < -0.4 is 4.74 Å². The minimum Gasteiger partial charge on any atom is -0.481 e. The molecule has 0 saturated carbocycles. The van der Waals surface area contributed by atoms with Crippen LogP contribution in [0.2, 0.25) is 0 Å². The van der Waals surface area contributed by atoms with Gasteiger partial charge in [-0.25, -0.2) is 0 Å². The van der Waals surface area contributed by atoms with Crippen molar-refractivity contribution in [2.45, 2.75) is 6.42 Å². The maximum Gasteiger partial charge on any atom is 0.312 e. The molecule has 0 aliphatic carbocycles. The quantitative estimate of drug-likeness (QED) is 0.471. The Morgan fingerprint density at radius 1 is 1.24 bits per heavy atom. The van der Waals surface area contributed by atoms with Gasteiger partial charge in [0.05, 0.1) is 11.3 Å². The molecule has 0 heterocycles. The van der Waals surface area contributed by atoms with Crippen LogP contribution in [0.15, 0.2) is 42.5 Å². The maximum atomic E-state index is 11.0. The lowest BCUT2D eigenvalue weighted by Crippen LogP contribution is -1.99. The highest BCUT2D eigenvalue weighted by Crippen LogP contribution is 2.32. The fraction of sp³-hybridized carbons (Fsp3) is 0.0714. The summed E-state index contributed by atoms with van der Waals surface area (Å²) < 4.78 is 6.23. The molecule has 0 aliphatic rings. The molecule has 7 heteroatoms. The van der Waals surface area contributed by atoms with E-state index in [2.05, 4.69) is 0 Å². The van der Waals surface area contributed by atoms with E-state index >= 15 is 0 Å². The molecule has 1 N–H and O–H groups in total. The number of carbonyl (C=O) groups is 1. The molecular formula is C14H10INO5. The van der Waals surface area contributed by atoms with E-state index in [4.69, 9.17) is 9.84 Å². The van der Waals surface area contributed by atoms with E-state index in [0.29, 0.717) is 11.3 Å².